The fraction of sp³-hybridized carbons (Fsp3) is 0.349. The van der Waals surface area contributed by atoms with Crippen LogP contribution >= 0.6 is 15.9 Å². The molecule has 1 saturated heterocycles. The molecular weight excluding hydrogens is 751 g/mol. The van der Waals surface area contributed by atoms with Crippen molar-refractivity contribution in [3.63, 3.8) is 0 Å². The van der Waals surface area contributed by atoms with Gasteiger partial charge in [0.15, 0.2) is 8.32 Å². The number of para-hydroxylation sites is 1. The Bertz CT molecular complexity index is 1840. The van der Waals surface area contributed by atoms with Crippen LogP contribution in [0.3, 0.4) is 0 Å². The van der Waals surface area contributed by atoms with E-state index in [1.165, 1.54) is 17.0 Å². The van der Waals surface area contributed by atoms with Gasteiger partial charge in [0.05, 0.1) is 24.1 Å². The molecule has 0 saturated carbocycles. The van der Waals surface area contributed by atoms with Gasteiger partial charge in [-0.1, -0.05) is 116 Å². The number of nitrogens with one attached hydrogen (secondary N) is 1. The number of hydrogen-bond acceptors (Lipinski definition) is 6. The second-order valence-corrected chi connectivity index (χ2v) is 20.7. The lowest BCUT2D eigenvalue weighted by Gasteiger charge is -2.40. The monoisotopic (exact) mass is 800 g/mol. The molecule has 4 atom stereocenters. The van der Waals surface area contributed by atoms with Gasteiger partial charge < -0.3 is 19.2 Å². The van der Waals surface area contributed by atoms with Gasteiger partial charge in [-0.05, 0) is 84.9 Å². The van der Waals surface area contributed by atoms with E-state index in [0.717, 1.165) is 26.9 Å². The maximum Gasteiger partial charge on any atom is 0.416 e. The molecule has 2 amide bonds. The Morgan fingerprint density at radius 1 is 1.02 bits per heavy atom. The van der Waals surface area contributed by atoms with E-state index >= 15 is 4.79 Å². The van der Waals surface area contributed by atoms with Crippen molar-refractivity contribution in [2.45, 2.75) is 76.4 Å². The summed E-state index contributed by atoms with van der Waals surface area (Å²) < 4.78 is 33.8. The Kier molecular flexibility index (Phi) is 13.4. The van der Waals surface area contributed by atoms with Crippen molar-refractivity contribution < 1.29 is 27.9 Å². The SMILES string of the molecule is C=CCOc1cc(Br)ccc1C(Nc1ccccc1)[C@@H](CC[C@H](O[Si](C)(C)C(C)(C)C)c1ccc(F)cc1)C(=O)N1C(=O)OC[C@@H]1Cc1ccccc1. The summed E-state index contributed by atoms with van der Waals surface area (Å²) in [4.78, 5) is 30.1. The van der Waals surface area contributed by atoms with Gasteiger partial charge in [0.25, 0.3) is 0 Å². The van der Waals surface area contributed by atoms with Crippen molar-refractivity contribution >= 4 is 41.9 Å². The first-order valence-corrected chi connectivity index (χ1v) is 21.8. The van der Waals surface area contributed by atoms with Gasteiger partial charge in [-0.3, -0.25) is 4.79 Å². The highest BCUT2D eigenvalue weighted by Crippen LogP contribution is 2.44. The molecule has 1 aliphatic heterocycles. The lowest BCUT2D eigenvalue weighted by atomic mass is 9.85. The predicted molar refractivity (Wildman–Crippen MR) is 215 cm³/mol. The van der Waals surface area contributed by atoms with Crippen LogP contribution in [-0.2, 0) is 20.4 Å². The summed E-state index contributed by atoms with van der Waals surface area (Å²) in [7, 11) is -2.35. The maximum absolute atomic E-state index is 15.2. The third kappa shape index (κ3) is 10.2. The Hall–Kier alpha value is -4.25. The molecule has 0 spiro atoms. The summed E-state index contributed by atoms with van der Waals surface area (Å²) >= 11 is 3.59. The number of carbonyl (C=O) groups is 2. The summed E-state index contributed by atoms with van der Waals surface area (Å²) in [5.41, 5.74) is 3.37. The fourth-order valence-corrected chi connectivity index (χ4v) is 8.02. The zero-order valence-corrected chi connectivity index (χ0v) is 33.8. The quantitative estimate of drug-likeness (QED) is 0.0898. The van der Waals surface area contributed by atoms with E-state index in [1.54, 1.807) is 18.2 Å². The van der Waals surface area contributed by atoms with Crippen LogP contribution in [0.4, 0.5) is 14.9 Å². The summed E-state index contributed by atoms with van der Waals surface area (Å²) in [6.45, 7) is 15.1. The lowest BCUT2D eigenvalue weighted by Crippen LogP contribution is -2.46. The molecule has 0 bridgehead atoms. The number of nitrogens with zero attached hydrogens (tertiary/aromatic N) is 1. The molecule has 7 nitrogen and oxygen atoms in total. The van der Waals surface area contributed by atoms with E-state index in [0.29, 0.717) is 25.0 Å². The van der Waals surface area contributed by atoms with Crippen LogP contribution in [0.25, 0.3) is 0 Å². The lowest BCUT2D eigenvalue weighted by molar-refractivity contribution is -0.134. The average molecular weight is 802 g/mol. The molecule has 1 unspecified atom stereocenters. The van der Waals surface area contributed by atoms with E-state index < -0.39 is 38.5 Å². The van der Waals surface area contributed by atoms with Crippen molar-refractivity contribution in [1.29, 1.82) is 0 Å². The van der Waals surface area contributed by atoms with Crippen LogP contribution in [0, 0.1) is 11.7 Å². The zero-order chi connectivity index (χ0) is 38.2. The van der Waals surface area contributed by atoms with Gasteiger partial charge in [0.1, 0.15) is 24.8 Å². The molecule has 53 heavy (non-hydrogen) atoms. The number of benzene rings is 4. The van der Waals surface area contributed by atoms with Gasteiger partial charge in [-0.15, -0.1) is 0 Å². The van der Waals surface area contributed by atoms with Crippen LogP contribution in [0.1, 0.15) is 62.4 Å². The highest BCUT2D eigenvalue weighted by molar-refractivity contribution is 9.10. The largest absolute Gasteiger partial charge is 0.489 e. The molecule has 280 valence electrons. The molecule has 10 heteroatoms. The maximum atomic E-state index is 15.2. The van der Waals surface area contributed by atoms with Crippen LogP contribution in [-0.4, -0.2) is 44.5 Å². The molecule has 0 aromatic heterocycles. The van der Waals surface area contributed by atoms with E-state index in [-0.39, 0.29) is 30.0 Å². The van der Waals surface area contributed by atoms with Crippen LogP contribution < -0.4 is 10.1 Å². The number of ether oxygens (including phenoxy) is 2. The topological polar surface area (TPSA) is 77.1 Å². The number of rotatable bonds is 16. The first kappa shape index (κ1) is 39.9. The number of cyclic esters (lactones) is 1. The molecule has 0 radical (unpaired) electrons. The second-order valence-electron chi connectivity index (χ2n) is 15.0. The Balaban J connectivity index is 1.62. The highest BCUT2D eigenvalue weighted by Gasteiger charge is 2.45. The zero-order valence-electron chi connectivity index (χ0n) is 31.2. The Morgan fingerprint density at radius 3 is 2.32 bits per heavy atom. The van der Waals surface area contributed by atoms with E-state index in [4.69, 9.17) is 13.9 Å². The average Bonchev–Trinajstić information content (AvgIpc) is 3.49. The number of carbonyl (C=O) groups excluding carboxylic acids is 2. The minimum Gasteiger partial charge on any atom is -0.489 e. The first-order valence-electron chi connectivity index (χ1n) is 18.1. The van der Waals surface area contributed by atoms with Gasteiger partial charge in [0.2, 0.25) is 5.91 Å². The minimum absolute atomic E-state index is 0.0988. The Morgan fingerprint density at radius 2 is 1.68 bits per heavy atom. The summed E-state index contributed by atoms with van der Waals surface area (Å²) in [6.07, 6.45) is 1.78. The molecule has 1 heterocycles. The number of imide groups is 1. The van der Waals surface area contributed by atoms with Crippen molar-refractivity contribution in [1.82, 2.24) is 4.90 Å². The van der Waals surface area contributed by atoms with E-state index in [2.05, 4.69) is 61.7 Å². The highest BCUT2D eigenvalue weighted by atomic mass is 79.9. The second kappa shape index (κ2) is 17.7. The van der Waals surface area contributed by atoms with Crippen molar-refractivity contribution in [2.24, 2.45) is 5.92 Å². The van der Waals surface area contributed by atoms with E-state index in [1.807, 2.05) is 78.9 Å². The summed E-state index contributed by atoms with van der Waals surface area (Å²) in [6, 6.07) is 30.5. The number of halogens is 2. The smallest absolute Gasteiger partial charge is 0.416 e. The molecule has 0 aliphatic carbocycles. The van der Waals surface area contributed by atoms with E-state index in [9.17, 15) is 9.18 Å². The van der Waals surface area contributed by atoms with Crippen molar-refractivity contribution in [3.8, 4) is 5.75 Å². The van der Waals surface area contributed by atoms with Gasteiger partial charge in [-0.25, -0.2) is 14.1 Å². The summed E-state index contributed by atoms with van der Waals surface area (Å²) in [5, 5.41) is 3.56. The molecule has 4 aromatic rings. The van der Waals surface area contributed by atoms with Crippen molar-refractivity contribution in [3.05, 3.63) is 143 Å². The molecule has 4 aromatic carbocycles. The predicted octanol–water partition coefficient (Wildman–Crippen LogP) is 11.1. The van der Waals surface area contributed by atoms with Gasteiger partial charge >= 0.3 is 6.09 Å². The molecule has 5 rings (SSSR count). The number of amides is 2. The van der Waals surface area contributed by atoms with Gasteiger partial charge in [0, 0.05) is 15.7 Å². The minimum atomic E-state index is -2.35. The van der Waals surface area contributed by atoms with Crippen LogP contribution in [0.2, 0.25) is 18.1 Å². The number of anilines is 1. The third-order valence-corrected chi connectivity index (χ3v) is 15.2. The number of hydrogen-bond donors (Lipinski definition) is 1. The molecular formula is C43H50BrFN2O5Si. The van der Waals surface area contributed by atoms with Gasteiger partial charge in [-0.2, -0.15) is 0 Å². The fourth-order valence-electron chi connectivity index (χ4n) is 6.36. The normalized spacial score (nSPS) is 16.4. The Labute approximate surface area is 322 Å². The molecule has 1 fully saturated rings. The van der Waals surface area contributed by atoms with Crippen LogP contribution in [0.5, 0.6) is 5.75 Å². The molecule has 1 N–H and O–H groups in total. The standard InChI is InChI=1S/C43H50BrFN2O5Si/c1-7-26-50-39-28-32(44)20-23-36(39)40(46-34-16-12-9-13-17-34)37(41(48)47-35(29-51-42(47)49)27-30-14-10-8-11-15-30)24-25-38(31-18-21-33(45)22-19-31)52-53(5,6)43(2,3)4/h7-23,28,35,37-38,40,46H,1,24-27,29H2,2-6H3/t35-,37+,38-,40?/m0/s1. The first-order chi connectivity index (χ1) is 25.3. The van der Waals surface area contributed by atoms with Crippen LogP contribution in [0.15, 0.2) is 120 Å². The summed E-state index contributed by atoms with van der Waals surface area (Å²) in [5.74, 6) is -0.913. The van der Waals surface area contributed by atoms with Crippen molar-refractivity contribution in [2.75, 3.05) is 18.5 Å². The molecule has 1 aliphatic rings. The third-order valence-electron chi connectivity index (χ3n) is 10.2.